The summed E-state index contributed by atoms with van der Waals surface area (Å²) in [7, 11) is 0. The maximum Gasteiger partial charge on any atom is 0.128 e. The van der Waals surface area contributed by atoms with Gasteiger partial charge in [-0.3, -0.25) is 0 Å². The largest absolute Gasteiger partial charge is 0.393 e. The molecule has 0 bridgehead atoms. The molecule has 0 aromatic heterocycles. The van der Waals surface area contributed by atoms with Crippen LogP contribution in [0.15, 0.2) is 18.2 Å². The van der Waals surface area contributed by atoms with Gasteiger partial charge in [-0.1, -0.05) is 29.3 Å². The summed E-state index contributed by atoms with van der Waals surface area (Å²) < 4.78 is 5.81. The average molecular weight is 276 g/mol. The minimum Gasteiger partial charge on any atom is -0.393 e. The summed E-state index contributed by atoms with van der Waals surface area (Å²) in [5.74, 6) is 0. The number of halogens is 2. The third kappa shape index (κ3) is 2.75. The second-order valence-corrected chi connectivity index (χ2v) is 4.97. The zero-order chi connectivity index (χ0) is 12.3. The maximum atomic E-state index is 9.64. The van der Waals surface area contributed by atoms with Gasteiger partial charge in [0.2, 0.25) is 0 Å². The summed E-state index contributed by atoms with van der Waals surface area (Å²) in [6.07, 6.45) is 0.934. The highest BCUT2D eigenvalue weighted by atomic mass is 35.5. The van der Waals surface area contributed by atoms with Gasteiger partial charge in [-0.2, -0.15) is 0 Å². The second-order valence-electron chi connectivity index (χ2n) is 4.16. The number of aliphatic hydroxyl groups is 1. The number of benzene rings is 1. The molecular weight excluding hydrogens is 261 g/mol. The van der Waals surface area contributed by atoms with Gasteiger partial charge >= 0.3 is 0 Å². The summed E-state index contributed by atoms with van der Waals surface area (Å²) in [4.78, 5) is 0. The van der Waals surface area contributed by atoms with Crippen LogP contribution in [0.1, 0.15) is 12.0 Å². The van der Waals surface area contributed by atoms with Crippen LogP contribution in [0.4, 0.5) is 0 Å². The van der Waals surface area contributed by atoms with Crippen molar-refractivity contribution in [3.63, 3.8) is 0 Å². The van der Waals surface area contributed by atoms with Crippen LogP contribution in [0.3, 0.4) is 0 Å². The summed E-state index contributed by atoms with van der Waals surface area (Å²) in [5, 5.41) is 13.9. The van der Waals surface area contributed by atoms with E-state index >= 15 is 0 Å². The lowest BCUT2D eigenvalue weighted by atomic mass is 9.94. The molecule has 1 aliphatic heterocycles. The van der Waals surface area contributed by atoms with Crippen LogP contribution in [0.25, 0.3) is 0 Å². The quantitative estimate of drug-likeness (QED) is 0.870. The van der Waals surface area contributed by atoms with Gasteiger partial charge < -0.3 is 15.2 Å². The average Bonchev–Trinajstić information content (AvgIpc) is 2.59. The first-order chi connectivity index (χ1) is 8.18. The highest BCUT2D eigenvalue weighted by Crippen LogP contribution is 2.31. The first kappa shape index (κ1) is 13.1. The Morgan fingerprint density at radius 3 is 2.88 bits per heavy atom. The minimum atomic E-state index is -0.718. The summed E-state index contributed by atoms with van der Waals surface area (Å²) in [6, 6.07) is 5.33. The zero-order valence-corrected chi connectivity index (χ0v) is 10.9. The summed E-state index contributed by atoms with van der Waals surface area (Å²) >= 11 is 11.9. The molecule has 5 heteroatoms. The Balaban J connectivity index is 2.35. The van der Waals surface area contributed by atoms with Crippen LogP contribution in [0, 0.1) is 0 Å². The molecule has 2 rings (SSSR count). The van der Waals surface area contributed by atoms with Crippen molar-refractivity contribution in [2.75, 3.05) is 26.3 Å². The molecule has 1 fully saturated rings. The van der Waals surface area contributed by atoms with Gasteiger partial charge in [0, 0.05) is 13.2 Å². The van der Waals surface area contributed by atoms with Crippen molar-refractivity contribution < 1.29 is 9.84 Å². The monoisotopic (exact) mass is 275 g/mol. The molecule has 0 radical (unpaired) electrons. The highest BCUT2D eigenvalue weighted by molar-refractivity contribution is 6.42. The van der Waals surface area contributed by atoms with Crippen LogP contribution in [0.5, 0.6) is 0 Å². The molecule has 0 spiro atoms. The van der Waals surface area contributed by atoms with Crippen LogP contribution in [-0.2, 0) is 10.3 Å². The Labute approximate surface area is 111 Å². The SMILES string of the molecule is OCC1(c2ccc(Cl)c(Cl)c2)CNCCCO1. The number of nitrogens with one attached hydrogen (secondary N) is 1. The molecule has 17 heavy (non-hydrogen) atoms. The first-order valence-electron chi connectivity index (χ1n) is 5.59. The Morgan fingerprint density at radius 2 is 2.18 bits per heavy atom. The number of hydrogen-bond donors (Lipinski definition) is 2. The van der Waals surface area contributed by atoms with E-state index in [-0.39, 0.29) is 6.61 Å². The van der Waals surface area contributed by atoms with E-state index in [1.54, 1.807) is 12.1 Å². The molecule has 0 saturated carbocycles. The van der Waals surface area contributed by atoms with E-state index in [0.717, 1.165) is 18.5 Å². The van der Waals surface area contributed by atoms with Crippen molar-refractivity contribution >= 4 is 23.2 Å². The molecule has 1 aliphatic rings. The Morgan fingerprint density at radius 1 is 1.35 bits per heavy atom. The van der Waals surface area contributed by atoms with Gasteiger partial charge in [-0.15, -0.1) is 0 Å². The molecule has 1 aromatic carbocycles. The van der Waals surface area contributed by atoms with E-state index in [9.17, 15) is 5.11 Å². The van der Waals surface area contributed by atoms with Crippen molar-refractivity contribution in [3.8, 4) is 0 Å². The Bertz CT molecular complexity index is 390. The fraction of sp³-hybridized carbons (Fsp3) is 0.500. The number of ether oxygens (including phenoxy) is 1. The normalized spacial score (nSPS) is 25.6. The van der Waals surface area contributed by atoms with E-state index in [0.29, 0.717) is 23.2 Å². The molecular formula is C12H15Cl2NO2. The van der Waals surface area contributed by atoms with Gasteiger partial charge in [0.15, 0.2) is 0 Å². The molecule has 94 valence electrons. The molecule has 0 amide bonds. The fourth-order valence-electron chi connectivity index (χ4n) is 1.96. The lowest BCUT2D eigenvalue weighted by Gasteiger charge is -2.31. The van der Waals surface area contributed by atoms with Gasteiger partial charge in [-0.05, 0) is 30.7 Å². The molecule has 1 unspecified atom stereocenters. The highest BCUT2D eigenvalue weighted by Gasteiger charge is 2.34. The predicted molar refractivity (Wildman–Crippen MR) is 68.7 cm³/mol. The second kappa shape index (κ2) is 5.55. The maximum absolute atomic E-state index is 9.64. The third-order valence-corrected chi connectivity index (χ3v) is 3.73. The van der Waals surface area contributed by atoms with Crippen molar-refractivity contribution in [3.05, 3.63) is 33.8 Å². The summed E-state index contributed by atoms with van der Waals surface area (Å²) in [6.45, 7) is 2.00. The van der Waals surface area contributed by atoms with Gasteiger partial charge in [0.05, 0.1) is 16.7 Å². The van der Waals surface area contributed by atoms with E-state index in [1.807, 2.05) is 6.07 Å². The molecule has 1 aromatic rings. The van der Waals surface area contributed by atoms with Crippen molar-refractivity contribution in [2.45, 2.75) is 12.0 Å². The lowest BCUT2D eigenvalue weighted by molar-refractivity contribution is -0.0742. The Kier molecular flexibility index (Phi) is 4.28. The topological polar surface area (TPSA) is 41.5 Å². The Hall–Kier alpha value is -0.320. The van der Waals surface area contributed by atoms with E-state index in [4.69, 9.17) is 27.9 Å². The predicted octanol–water partition coefficient (Wildman–Crippen LogP) is 2.19. The number of rotatable bonds is 2. The van der Waals surface area contributed by atoms with E-state index < -0.39 is 5.60 Å². The molecule has 3 nitrogen and oxygen atoms in total. The van der Waals surface area contributed by atoms with Crippen LogP contribution in [0.2, 0.25) is 10.0 Å². The molecule has 1 atom stereocenters. The number of hydrogen-bond acceptors (Lipinski definition) is 3. The number of aliphatic hydroxyl groups excluding tert-OH is 1. The lowest BCUT2D eigenvalue weighted by Crippen LogP contribution is -2.42. The van der Waals surface area contributed by atoms with E-state index in [1.165, 1.54) is 0 Å². The van der Waals surface area contributed by atoms with Gasteiger partial charge in [0.25, 0.3) is 0 Å². The molecule has 0 aliphatic carbocycles. The molecule has 2 N–H and O–H groups in total. The van der Waals surface area contributed by atoms with Gasteiger partial charge in [0.1, 0.15) is 5.60 Å². The van der Waals surface area contributed by atoms with Crippen LogP contribution < -0.4 is 5.32 Å². The van der Waals surface area contributed by atoms with Crippen LogP contribution in [-0.4, -0.2) is 31.4 Å². The first-order valence-corrected chi connectivity index (χ1v) is 6.35. The minimum absolute atomic E-state index is 0.0854. The van der Waals surface area contributed by atoms with Crippen molar-refractivity contribution in [1.82, 2.24) is 5.32 Å². The fourth-order valence-corrected chi connectivity index (χ4v) is 2.26. The van der Waals surface area contributed by atoms with Crippen LogP contribution >= 0.6 is 23.2 Å². The standard InChI is InChI=1S/C12H15Cl2NO2/c13-10-3-2-9(6-11(10)14)12(8-16)7-15-4-1-5-17-12/h2-3,6,15-16H,1,4-5,7-8H2. The van der Waals surface area contributed by atoms with Crippen molar-refractivity contribution in [2.24, 2.45) is 0 Å². The smallest absolute Gasteiger partial charge is 0.128 e. The van der Waals surface area contributed by atoms with Gasteiger partial charge in [-0.25, -0.2) is 0 Å². The molecule has 1 heterocycles. The van der Waals surface area contributed by atoms with Crippen molar-refractivity contribution in [1.29, 1.82) is 0 Å². The zero-order valence-electron chi connectivity index (χ0n) is 9.38. The summed E-state index contributed by atoms with van der Waals surface area (Å²) in [5.41, 5.74) is 0.133. The third-order valence-electron chi connectivity index (χ3n) is 2.99. The molecule has 1 saturated heterocycles. The van der Waals surface area contributed by atoms with E-state index in [2.05, 4.69) is 5.32 Å².